The number of hydrogen-bond donors (Lipinski definition) is 1. The molecule has 0 radical (unpaired) electrons. The molecule has 2 atom stereocenters. The SMILES string of the molecule is CO[C@@H](C)C(=O)N[C@H](C(C)C)C(C)(C)C. The summed E-state index contributed by atoms with van der Waals surface area (Å²) in [5.41, 5.74) is 0.0668. The van der Waals surface area contributed by atoms with Gasteiger partial charge in [0.25, 0.3) is 0 Å². The lowest BCUT2D eigenvalue weighted by atomic mass is 9.80. The van der Waals surface area contributed by atoms with E-state index in [2.05, 4.69) is 39.9 Å². The summed E-state index contributed by atoms with van der Waals surface area (Å²) in [5.74, 6) is 0.379. The van der Waals surface area contributed by atoms with E-state index in [1.54, 1.807) is 14.0 Å². The molecule has 0 aromatic heterocycles. The molecule has 0 aliphatic carbocycles. The first-order valence-corrected chi connectivity index (χ1v) is 5.53. The summed E-state index contributed by atoms with van der Waals surface area (Å²) in [6, 6.07) is 0.169. The van der Waals surface area contributed by atoms with Crippen molar-refractivity contribution in [2.75, 3.05) is 7.11 Å². The topological polar surface area (TPSA) is 38.3 Å². The number of nitrogens with one attached hydrogen (secondary N) is 1. The van der Waals surface area contributed by atoms with Crippen LogP contribution >= 0.6 is 0 Å². The van der Waals surface area contributed by atoms with Gasteiger partial charge in [0.15, 0.2) is 0 Å². The van der Waals surface area contributed by atoms with Crippen LogP contribution in [-0.2, 0) is 9.53 Å². The summed E-state index contributed by atoms with van der Waals surface area (Å²) >= 11 is 0. The maximum Gasteiger partial charge on any atom is 0.249 e. The van der Waals surface area contributed by atoms with Crippen molar-refractivity contribution in [2.24, 2.45) is 11.3 Å². The van der Waals surface area contributed by atoms with Gasteiger partial charge in [-0.2, -0.15) is 0 Å². The fourth-order valence-electron chi connectivity index (χ4n) is 1.76. The third-order valence-corrected chi connectivity index (χ3v) is 2.62. The molecule has 0 unspecified atom stereocenters. The van der Waals surface area contributed by atoms with E-state index in [0.717, 1.165) is 0 Å². The molecule has 0 aromatic carbocycles. The summed E-state index contributed by atoms with van der Waals surface area (Å²) in [6.07, 6.45) is -0.381. The second-order valence-electron chi connectivity index (χ2n) is 5.47. The Morgan fingerprint density at radius 2 is 1.67 bits per heavy atom. The van der Waals surface area contributed by atoms with Crippen molar-refractivity contribution < 1.29 is 9.53 Å². The van der Waals surface area contributed by atoms with Crippen molar-refractivity contribution in [3.63, 3.8) is 0 Å². The predicted molar refractivity (Wildman–Crippen MR) is 62.7 cm³/mol. The van der Waals surface area contributed by atoms with Gasteiger partial charge in [0.2, 0.25) is 5.91 Å². The van der Waals surface area contributed by atoms with Crippen LogP contribution in [0.4, 0.5) is 0 Å². The molecule has 1 amide bonds. The molecule has 0 saturated carbocycles. The van der Waals surface area contributed by atoms with Crippen molar-refractivity contribution in [3.8, 4) is 0 Å². The number of carbonyl (C=O) groups is 1. The lowest BCUT2D eigenvalue weighted by Gasteiger charge is -2.35. The lowest BCUT2D eigenvalue weighted by Crippen LogP contribution is -2.50. The largest absolute Gasteiger partial charge is 0.372 e. The van der Waals surface area contributed by atoms with E-state index >= 15 is 0 Å². The average molecular weight is 215 g/mol. The highest BCUT2D eigenvalue weighted by Gasteiger charge is 2.29. The fourth-order valence-corrected chi connectivity index (χ4v) is 1.76. The standard InChI is InChI=1S/C12H25NO2/c1-8(2)10(12(4,5)6)13-11(14)9(3)15-7/h8-10H,1-7H3,(H,13,14)/t9-,10+/m0/s1. The smallest absolute Gasteiger partial charge is 0.249 e. The highest BCUT2D eigenvalue weighted by Crippen LogP contribution is 2.25. The molecular weight excluding hydrogens is 190 g/mol. The fraction of sp³-hybridized carbons (Fsp3) is 0.917. The number of carbonyl (C=O) groups excluding carboxylic acids is 1. The lowest BCUT2D eigenvalue weighted by molar-refractivity contribution is -0.132. The number of hydrogen-bond acceptors (Lipinski definition) is 2. The number of methoxy groups -OCH3 is 1. The maximum absolute atomic E-state index is 11.7. The molecule has 3 heteroatoms. The Balaban J connectivity index is 4.50. The average Bonchev–Trinajstić information content (AvgIpc) is 2.09. The van der Waals surface area contributed by atoms with E-state index in [-0.39, 0.29) is 23.5 Å². The Kier molecular flexibility index (Phi) is 5.29. The van der Waals surface area contributed by atoms with Gasteiger partial charge in [0, 0.05) is 13.2 Å². The first-order chi connectivity index (χ1) is 6.70. The van der Waals surface area contributed by atoms with Crippen LogP contribution in [-0.4, -0.2) is 25.2 Å². The molecule has 90 valence electrons. The van der Waals surface area contributed by atoms with Crippen molar-refractivity contribution >= 4 is 5.91 Å². The van der Waals surface area contributed by atoms with Crippen LogP contribution < -0.4 is 5.32 Å². The third kappa shape index (κ3) is 4.65. The van der Waals surface area contributed by atoms with E-state index in [0.29, 0.717) is 5.92 Å². The Morgan fingerprint density at radius 1 is 1.20 bits per heavy atom. The molecule has 0 heterocycles. The van der Waals surface area contributed by atoms with Gasteiger partial charge in [0.1, 0.15) is 6.10 Å². The minimum Gasteiger partial charge on any atom is -0.372 e. The first-order valence-electron chi connectivity index (χ1n) is 5.53. The van der Waals surface area contributed by atoms with Crippen molar-refractivity contribution in [1.82, 2.24) is 5.32 Å². The van der Waals surface area contributed by atoms with Crippen molar-refractivity contribution in [2.45, 2.75) is 53.7 Å². The molecule has 0 aliphatic rings. The second-order valence-corrected chi connectivity index (χ2v) is 5.47. The molecule has 0 saturated heterocycles. The van der Waals surface area contributed by atoms with Crippen molar-refractivity contribution in [3.05, 3.63) is 0 Å². The summed E-state index contributed by atoms with van der Waals surface area (Å²) in [4.78, 5) is 11.7. The van der Waals surface area contributed by atoms with Gasteiger partial charge < -0.3 is 10.1 Å². The van der Waals surface area contributed by atoms with Gasteiger partial charge >= 0.3 is 0 Å². The van der Waals surface area contributed by atoms with Crippen LogP contribution in [0.15, 0.2) is 0 Å². The summed E-state index contributed by atoms with van der Waals surface area (Å²) < 4.78 is 4.99. The van der Waals surface area contributed by atoms with Gasteiger partial charge in [0.05, 0.1) is 0 Å². The second kappa shape index (κ2) is 5.50. The monoisotopic (exact) mass is 215 g/mol. The summed E-state index contributed by atoms with van der Waals surface area (Å²) in [5, 5.41) is 3.04. The summed E-state index contributed by atoms with van der Waals surface area (Å²) in [6.45, 7) is 12.4. The predicted octanol–water partition coefficient (Wildman–Crippen LogP) is 2.21. The van der Waals surface area contributed by atoms with Crippen LogP contribution in [0.3, 0.4) is 0 Å². The molecular formula is C12H25NO2. The Bertz CT molecular complexity index is 206. The van der Waals surface area contributed by atoms with Gasteiger partial charge in [-0.15, -0.1) is 0 Å². The summed E-state index contributed by atoms with van der Waals surface area (Å²) in [7, 11) is 1.55. The Labute approximate surface area is 93.6 Å². The van der Waals surface area contributed by atoms with Crippen LogP contribution in [0.25, 0.3) is 0 Å². The van der Waals surface area contributed by atoms with E-state index in [1.165, 1.54) is 0 Å². The molecule has 0 aromatic rings. The zero-order valence-corrected chi connectivity index (χ0v) is 11.0. The third-order valence-electron chi connectivity index (χ3n) is 2.62. The zero-order chi connectivity index (χ0) is 12.2. The molecule has 0 rings (SSSR count). The van der Waals surface area contributed by atoms with E-state index in [1.807, 2.05) is 0 Å². The van der Waals surface area contributed by atoms with E-state index in [4.69, 9.17) is 4.74 Å². The number of amides is 1. The molecule has 1 N–H and O–H groups in total. The van der Waals surface area contributed by atoms with E-state index < -0.39 is 0 Å². The van der Waals surface area contributed by atoms with Crippen LogP contribution in [0, 0.1) is 11.3 Å². The molecule has 0 bridgehead atoms. The molecule has 15 heavy (non-hydrogen) atoms. The van der Waals surface area contributed by atoms with Gasteiger partial charge in [-0.1, -0.05) is 34.6 Å². The molecule has 0 aliphatic heterocycles. The minimum atomic E-state index is -0.381. The number of ether oxygens (including phenoxy) is 1. The molecule has 0 fully saturated rings. The Morgan fingerprint density at radius 3 is 1.93 bits per heavy atom. The van der Waals surface area contributed by atoms with Gasteiger partial charge in [-0.3, -0.25) is 4.79 Å². The van der Waals surface area contributed by atoms with Crippen molar-refractivity contribution in [1.29, 1.82) is 0 Å². The highest BCUT2D eigenvalue weighted by molar-refractivity contribution is 5.80. The maximum atomic E-state index is 11.7. The normalized spacial score (nSPS) is 16.3. The van der Waals surface area contributed by atoms with Gasteiger partial charge in [-0.25, -0.2) is 0 Å². The van der Waals surface area contributed by atoms with Crippen LogP contribution in [0.1, 0.15) is 41.5 Å². The minimum absolute atomic E-state index is 0.0360. The zero-order valence-electron chi connectivity index (χ0n) is 11.0. The van der Waals surface area contributed by atoms with Crippen LogP contribution in [0.5, 0.6) is 0 Å². The Hall–Kier alpha value is -0.570. The molecule has 3 nitrogen and oxygen atoms in total. The van der Waals surface area contributed by atoms with Crippen LogP contribution in [0.2, 0.25) is 0 Å². The number of rotatable bonds is 4. The molecule has 0 spiro atoms. The quantitative estimate of drug-likeness (QED) is 0.781. The highest BCUT2D eigenvalue weighted by atomic mass is 16.5. The first kappa shape index (κ1) is 14.4. The van der Waals surface area contributed by atoms with E-state index in [9.17, 15) is 4.79 Å². The van der Waals surface area contributed by atoms with Gasteiger partial charge in [-0.05, 0) is 18.3 Å².